The van der Waals surface area contributed by atoms with Gasteiger partial charge < -0.3 is 0 Å². The Morgan fingerprint density at radius 2 is 1.62 bits per heavy atom. The minimum absolute atomic E-state index is 0.0198. The number of halogens is 1. The van der Waals surface area contributed by atoms with Crippen molar-refractivity contribution >= 4 is 33.4 Å². The van der Waals surface area contributed by atoms with Crippen LogP contribution in [0.4, 0.5) is 5.69 Å². The highest BCUT2D eigenvalue weighted by molar-refractivity contribution is 9.10. The van der Waals surface area contributed by atoms with Gasteiger partial charge in [-0.15, -0.1) is 0 Å². The van der Waals surface area contributed by atoms with Crippen molar-refractivity contribution in [2.45, 2.75) is 19.8 Å². The summed E-state index contributed by atoms with van der Waals surface area (Å²) in [6.07, 6.45) is 6.36. The van der Waals surface area contributed by atoms with E-state index in [1.54, 1.807) is 0 Å². The van der Waals surface area contributed by atoms with Crippen LogP contribution in [-0.2, 0) is 9.59 Å². The van der Waals surface area contributed by atoms with E-state index in [0.29, 0.717) is 5.69 Å². The number of nitrogens with zero attached hydrogens (tertiary/aromatic N) is 1. The average Bonchev–Trinajstić information content (AvgIpc) is 2.75. The second kappa shape index (κ2) is 4.54. The first-order valence-electron chi connectivity index (χ1n) is 7.40. The van der Waals surface area contributed by atoms with Gasteiger partial charge in [-0.25, -0.2) is 4.90 Å². The maximum Gasteiger partial charge on any atom is 0.238 e. The molecular weight excluding hydrogens is 330 g/mol. The van der Waals surface area contributed by atoms with Crippen LogP contribution in [0.1, 0.15) is 18.4 Å². The molecule has 4 aliphatic rings. The highest BCUT2D eigenvalue weighted by Crippen LogP contribution is 2.51. The number of fused-ring (bicyclic) bond motifs is 1. The standard InChI is InChI=1S/C17H16BrNO2/c1-9-2-7-13(12(18)8-9)19-16(20)14-10-3-4-11(6-5-10)15(14)17(19)21/h2-4,7-8,10-11,14-15H,5-6H2,1H3/t10-,11-,14-,15+/m0/s1. The summed E-state index contributed by atoms with van der Waals surface area (Å²) in [4.78, 5) is 27.1. The van der Waals surface area contributed by atoms with E-state index in [-0.39, 0.29) is 35.5 Å². The molecule has 2 bridgehead atoms. The third kappa shape index (κ3) is 1.78. The molecule has 0 unspecified atom stereocenters. The van der Waals surface area contributed by atoms with Gasteiger partial charge in [0.05, 0.1) is 17.5 Å². The fourth-order valence-corrected chi connectivity index (χ4v) is 4.78. The molecule has 0 N–H and O–H groups in total. The lowest BCUT2D eigenvalue weighted by atomic mass is 9.63. The zero-order chi connectivity index (χ0) is 14.7. The van der Waals surface area contributed by atoms with Crippen LogP contribution in [-0.4, -0.2) is 11.8 Å². The Morgan fingerprint density at radius 3 is 2.10 bits per heavy atom. The summed E-state index contributed by atoms with van der Waals surface area (Å²) in [7, 11) is 0. The molecule has 0 aromatic heterocycles. The molecule has 21 heavy (non-hydrogen) atoms. The fraction of sp³-hybridized carbons (Fsp3) is 0.412. The van der Waals surface area contributed by atoms with Gasteiger partial charge in [-0.3, -0.25) is 9.59 Å². The van der Waals surface area contributed by atoms with Crippen molar-refractivity contribution in [2.75, 3.05) is 4.90 Å². The number of benzene rings is 1. The predicted octanol–water partition coefficient (Wildman–Crippen LogP) is 3.46. The number of amides is 2. The van der Waals surface area contributed by atoms with Crippen LogP contribution in [0.3, 0.4) is 0 Å². The highest BCUT2D eigenvalue weighted by atomic mass is 79.9. The molecule has 4 atom stereocenters. The van der Waals surface area contributed by atoms with E-state index in [9.17, 15) is 9.59 Å². The first-order chi connectivity index (χ1) is 10.1. The van der Waals surface area contributed by atoms with Gasteiger partial charge in [0.2, 0.25) is 11.8 Å². The Labute approximate surface area is 132 Å². The van der Waals surface area contributed by atoms with Gasteiger partial charge in [0.15, 0.2) is 0 Å². The number of anilines is 1. The van der Waals surface area contributed by atoms with Gasteiger partial charge in [-0.2, -0.15) is 0 Å². The number of carbonyl (C=O) groups is 2. The van der Waals surface area contributed by atoms with Crippen molar-refractivity contribution in [1.82, 2.24) is 0 Å². The van der Waals surface area contributed by atoms with E-state index in [0.717, 1.165) is 22.9 Å². The largest absolute Gasteiger partial charge is 0.274 e. The molecule has 0 radical (unpaired) electrons. The Balaban J connectivity index is 1.78. The van der Waals surface area contributed by atoms with Gasteiger partial charge in [0.1, 0.15) is 0 Å². The molecule has 2 fully saturated rings. The van der Waals surface area contributed by atoms with Gasteiger partial charge in [-0.1, -0.05) is 18.2 Å². The van der Waals surface area contributed by atoms with Crippen molar-refractivity contribution in [3.05, 3.63) is 40.4 Å². The molecule has 3 aliphatic carbocycles. The average molecular weight is 346 g/mol. The molecule has 1 heterocycles. The molecule has 1 aliphatic heterocycles. The zero-order valence-electron chi connectivity index (χ0n) is 11.8. The van der Waals surface area contributed by atoms with Crippen molar-refractivity contribution in [3.63, 3.8) is 0 Å². The highest BCUT2D eigenvalue weighted by Gasteiger charge is 2.57. The van der Waals surface area contributed by atoms with Crippen LogP contribution in [0.15, 0.2) is 34.8 Å². The fourth-order valence-electron chi connectivity index (χ4n) is 4.10. The zero-order valence-corrected chi connectivity index (χ0v) is 13.3. The molecule has 1 saturated heterocycles. The minimum atomic E-state index is -0.144. The maximum atomic E-state index is 12.8. The summed E-state index contributed by atoms with van der Waals surface area (Å²) in [5, 5.41) is 0. The second-order valence-electron chi connectivity index (χ2n) is 6.31. The van der Waals surface area contributed by atoms with Gasteiger partial charge in [-0.05, 0) is 65.2 Å². The summed E-state index contributed by atoms with van der Waals surface area (Å²) >= 11 is 3.50. The van der Waals surface area contributed by atoms with Gasteiger partial charge in [0, 0.05) is 4.47 Å². The molecule has 1 aromatic rings. The van der Waals surface area contributed by atoms with Crippen LogP contribution in [0.2, 0.25) is 0 Å². The first-order valence-corrected chi connectivity index (χ1v) is 8.19. The normalized spacial score (nSPS) is 33.7. The van der Waals surface area contributed by atoms with E-state index in [1.807, 2.05) is 25.1 Å². The Kier molecular flexibility index (Phi) is 2.86. The summed E-state index contributed by atoms with van der Waals surface area (Å²) in [6.45, 7) is 1.99. The monoisotopic (exact) mass is 345 g/mol. The predicted molar refractivity (Wildman–Crippen MR) is 83.7 cm³/mol. The first kappa shape index (κ1) is 13.3. The third-order valence-corrected chi connectivity index (χ3v) is 5.74. The number of carbonyl (C=O) groups excluding carboxylic acids is 2. The van der Waals surface area contributed by atoms with Crippen LogP contribution in [0, 0.1) is 30.6 Å². The topological polar surface area (TPSA) is 37.4 Å². The SMILES string of the molecule is Cc1ccc(N2C(=O)[C@@H]3[C@H](C2=O)[C@H]2C=C[C@H]3CC2)c(Br)c1. The third-order valence-electron chi connectivity index (χ3n) is 5.10. The summed E-state index contributed by atoms with van der Waals surface area (Å²) in [5.41, 5.74) is 1.79. The number of aryl methyl sites for hydroxylation is 1. The molecule has 3 nitrogen and oxygen atoms in total. The number of allylic oxidation sites excluding steroid dienone is 2. The molecule has 1 aromatic carbocycles. The van der Waals surface area contributed by atoms with Crippen LogP contribution in [0.5, 0.6) is 0 Å². The van der Waals surface area contributed by atoms with Gasteiger partial charge in [0.25, 0.3) is 0 Å². The number of rotatable bonds is 1. The van der Waals surface area contributed by atoms with Crippen molar-refractivity contribution in [3.8, 4) is 0 Å². The van der Waals surface area contributed by atoms with E-state index >= 15 is 0 Å². The molecule has 2 amide bonds. The quantitative estimate of drug-likeness (QED) is 0.577. The molecule has 4 heteroatoms. The molecule has 5 rings (SSSR count). The lowest BCUT2D eigenvalue weighted by molar-refractivity contribution is -0.124. The molecule has 108 valence electrons. The summed E-state index contributed by atoms with van der Waals surface area (Å²) < 4.78 is 0.808. The van der Waals surface area contributed by atoms with Crippen molar-refractivity contribution in [1.29, 1.82) is 0 Å². The number of imide groups is 1. The second-order valence-corrected chi connectivity index (χ2v) is 7.16. The van der Waals surface area contributed by atoms with Crippen LogP contribution >= 0.6 is 15.9 Å². The van der Waals surface area contributed by atoms with Crippen molar-refractivity contribution < 1.29 is 9.59 Å². The molecular formula is C17H16BrNO2. The van der Waals surface area contributed by atoms with Gasteiger partial charge >= 0.3 is 0 Å². The smallest absolute Gasteiger partial charge is 0.238 e. The minimum Gasteiger partial charge on any atom is -0.274 e. The Hall–Kier alpha value is -1.42. The maximum absolute atomic E-state index is 12.8. The molecule has 1 saturated carbocycles. The van der Waals surface area contributed by atoms with E-state index in [2.05, 4.69) is 28.1 Å². The van der Waals surface area contributed by atoms with E-state index in [4.69, 9.17) is 0 Å². The van der Waals surface area contributed by atoms with E-state index in [1.165, 1.54) is 4.90 Å². The molecule has 0 spiro atoms. The Bertz CT molecular complexity index is 649. The lowest BCUT2D eigenvalue weighted by Crippen LogP contribution is -2.38. The summed E-state index contributed by atoms with van der Waals surface area (Å²) in [6, 6.07) is 5.75. The Morgan fingerprint density at radius 1 is 1.05 bits per heavy atom. The van der Waals surface area contributed by atoms with E-state index < -0.39 is 0 Å². The number of hydrogen-bond acceptors (Lipinski definition) is 2. The number of hydrogen-bond donors (Lipinski definition) is 0. The van der Waals surface area contributed by atoms with Crippen molar-refractivity contribution in [2.24, 2.45) is 23.7 Å². The summed E-state index contributed by atoms with van der Waals surface area (Å²) in [5.74, 6) is 0.155. The van der Waals surface area contributed by atoms with Crippen LogP contribution < -0.4 is 4.90 Å². The van der Waals surface area contributed by atoms with Crippen LogP contribution in [0.25, 0.3) is 0 Å². The lowest BCUT2D eigenvalue weighted by Gasteiger charge is -2.38.